The van der Waals surface area contributed by atoms with Gasteiger partial charge in [-0.25, -0.2) is 0 Å². The molecule has 0 unspecified atom stereocenters. The largest absolute Gasteiger partial charge is 0.370 e. The van der Waals surface area contributed by atoms with E-state index >= 15 is 0 Å². The second kappa shape index (κ2) is 3.38. The summed E-state index contributed by atoms with van der Waals surface area (Å²) in [6, 6.07) is 0. The highest BCUT2D eigenvalue weighted by Gasteiger charge is 2.05. The van der Waals surface area contributed by atoms with Gasteiger partial charge in [-0.15, -0.1) is 0 Å². The smallest absolute Gasteiger partial charge is 0.217 e. The van der Waals surface area contributed by atoms with Gasteiger partial charge in [-0.05, 0) is 18.9 Å². The average molecular weight is 167 g/mol. The molecule has 0 fully saturated rings. The second-order valence-corrected chi connectivity index (χ2v) is 2.86. The fraction of sp³-hybridized carbons (Fsp3) is 0.500. The fourth-order valence-electron chi connectivity index (χ4n) is 1.17. The molecule has 0 saturated carbocycles. The minimum Gasteiger partial charge on any atom is -0.370 e. The first-order valence-electron chi connectivity index (χ1n) is 3.87. The van der Waals surface area contributed by atoms with Gasteiger partial charge in [-0.2, -0.15) is 5.10 Å². The van der Waals surface area contributed by atoms with Crippen molar-refractivity contribution in [3.05, 3.63) is 17.5 Å². The summed E-state index contributed by atoms with van der Waals surface area (Å²) < 4.78 is 1.78. The van der Waals surface area contributed by atoms with Gasteiger partial charge in [0.05, 0.1) is 6.20 Å². The normalized spacial score (nSPS) is 10.2. The molecule has 2 N–H and O–H groups in total. The molecule has 0 atom stereocenters. The van der Waals surface area contributed by atoms with Crippen molar-refractivity contribution in [3.63, 3.8) is 0 Å². The van der Waals surface area contributed by atoms with Crippen LogP contribution in [0.5, 0.6) is 0 Å². The molecule has 0 aromatic carbocycles. The number of rotatable bonds is 3. The number of nitrogens with zero attached hydrogens (tertiary/aromatic N) is 2. The van der Waals surface area contributed by atoms with E-state index in [0.717, 1.165) is 11.3 Å². The van der Waals surface area contributed by atoms with Crippen molar-refractivity contribution < 1.29 is 4.79 Å². The van der Waals surface area contributed by atoms with Crippen LogP contribution < -0.4 is 5.73 Å². The molecule has 4 nitrogen and oxygen atoms in total. The SMILES string of the molecule is Cc1cnn(C)c1CCC(N)=O. The molecule has 1 aromatic heterocycles. The van der Waals surface area contributed by atoms with Crippen molar-refractivity contribution >= 4 is 5.91 Å². The lowest BCUT2D eigenvalue weighted by Gasteiger charge is -2.00. The van der Waals surface area contributed by atoms with Crippen LogP contribution in [0.25, 0.3) is 0 Å². The van der Waals surface area contributed by atoms with E-state index in [4.69, 9.17) is 5.73 Å². The Labute approximate surface area is 71.4 Å². The third-order valence-corrected chi connectivity index (χ3v) is 1.88. The first-order chi connectivity index (χ1) is 5.61. The van der Waals surface area contributed by atoms with Gasteiger partial charge in [-0.3, -0.25) is 9.48 Å². The molecular weight excluding hydrogens is 154 g/mol. The Balaban J connectivity index is 2.68. The summed E-state index contributed by atoms with van der Waals surface area (Å²) in [5.41, 5.74) is 7.23. The van der Waals surface area contributed by atoms with E-state index in [1.165, 1.54) is 0 Å². The molecule has 0 aliphatic rings. The monoisotopic (exact) mass is 167 g/mol. The molecular formula is C8H13N3O. The zero-order valence-corrected chi connectivity index (χ0v) is 7.37. The number of amides is 1. The number of nitrogens with two attached hydrogens (primary N) is 1. The van der Waals surface area contributed by atoms with E-state index < -0.39 is 0 Å². The summed E-state index contributed by atoms with van der Waals surface area (Å²) in [5.74, 6) is -0.268. The van der Waals surface area contributed by atoms with Crippen LogP contribution in [-0.2, 0) is 18.3 Å². The molecule has 0 bridgehead atoms. The summed E-state index contributed by atoms with van der Waals surface area (Å²) in [7, 11) is 1.86. The average Bonchev–Trinajstić information content (AvgIpc) is 2.28. The van der Waals surface area contributed by atoms with Crippen LogP contribution in [0.1, 0.15) is 17.7 Å². The molecule has 0 radical (unpaired) electrons. The van der Waals surface area contributed by atoms with E-state index in [1.807, 2.05) is 14.0 Å². The van der Waals surface area contributed by atoms with Crippen LogP contribution in [-0.4, -0.2) is 15.7 Å². The van der Waals surface area contributed by atoms with Gasteiger partial charge in [0, 0.05) is 19.2 Å². The van der Waals surface area contributed by atoms with Gasteiger partial charge >= 0.3 is 0 Å². The molecule has 0 spiro atoms. The lowest BCUT2D eigenvalue weighted by atomic mass is 10.1. The molecule has 4 heteroatoms. The highest BCUT2D eigenvalue weighted by molar-refractivity contribution is 5.73. The molecule has 12 heavy (non-hydrogen) atoms. The number of carbonyl (C=O) groups excluding carboxylic acids is 1. The van der Waals surface area contributed by atoms with Crippen LogP contribution in [0.2, 0.25) is 0 Å². The number of aromatic nitrogens is 2. The van der Waals surface area contributed by atoms with E-state index in [9.17, 15) is 4.79 Å². The van der Waals surface area contributed by atoms with Crippen LogP contribution in [0.3, 0.4) is 0 Å². The highest BCUT2D eigenvalue weighted by atomic mass is 16.1. The molecule has 0 saturated heterocycles. The Morgan fingerprint density at radius 2 is 2.42 bits per heavy atom. The van der Waals surface area contributed by atoms with Gasteiger partial charge in [0.2, 0.25) is 5.91 Å². The maximum Gasteiger partial charge on any atom is 0.217 e. The molecule has 0 aliphatic heterocycles. The van der Waals surface area contributed by atoms with E-state index in [-0.39, 0.29) is 5.91 Å². The van der Waals surface area contributed by atoms with Gasteiger partial charge < -0.3 is 5.73 Å². The Morgan fingerprint density at radius 3 is 2.83 bits per heavy atom. The number of primary amides is 1. The Kier molecular flexibility index (Phi) is 2.47. The minimum atomic E-state index is -0.268. The predicted molar refractivity (Wildman–Crippen MR) is 45.5 cm³/mol. The third-order valence-electron chi connectivity index (χ3n) is 1.88. The predicted octanol–water partition coefficient (Wildman–Crippen LogP) is 0.146. The zero-order chi connectivity index (χ0) is 9.14. The Morgan fingerprint density at radius 1 is 1.75 bits per heavy atom. The maximum atomic E-state index is 10.5. The zero-order valence-electron chi connectivity index (χ0n) is 7.37. The lowest BCUT2D eigenvalue weighted by Crippen LogP contribution is -2.12. The van der Waals surface area contributed by atoms with Gasteiger partial charge in [0.1, 0.15) is 0 Å². The van der Waals surface area contributed by atoms with Crippen molar-refractivity contribution in [3.8, 4) is 0 Å². The number of hydrogen-bond donors (Lipinski definition) is 1. The summed E-state index contributed by atoms with van der Waals surface area (Å²) in [6.45, 7) is 1.98. The topological polar surface area (TPSA) is 60.9 Å². The number of hydrogen-bond acceptors (Lipinski definition) is 2. The van der Waals surface area contributed by atoms with Crippen molar-refractivity contribution in [2.45, 2.75) is 19.8 Å². The van der Waals surface area contributed by atoms with E-state index in [0.29, 0.717) is 12.8 Å². The molecule has 66 valence electrons. The van der Waals surface area contributed by atoms with Crippen LogP contribution in [0.4, 0.5) is 0 Å². The Hall–Kier alpha value is -1.32. The quantitative estimate of drug-likeness (QED) is 0.696. The molecule has 1 heterocycles. The molecule has 1 rings (SSSR count). The van der Waals surface area contributed by atoms with Crippen LogP contribution in [0.15, 0.2) is 6.20 Å². The van der Waals surface area contributed by atoms with Gasteiger partial charge in [0.15, 0.2) is 0 Å². The summed E-state index contributed by atoms with van der Waals surface area (Å²) in [5, 5.41) is 4.06. The summed E-state index contributed by atoms with van der Waals surface area (Å²) in [6.07, 6.45) is 2.86. The van der Waals surface area contributed by atoms with E-state index in [1.54, 1.807) is 10.9 Å². The molecule has 0 aliphatic carbocycles. The third kappa shape index (κ3) is 1.84. The minimum absolute atomic E-state index is 0.268. The number of aryl methyl sites for hydroxylation is 2. The van der Waals surface area contributed by atoms with Crippen molar-refractivity contribution in [2.75, 3.05) is 0 Å². The Bertz CT molecular complexity index is 271. The first-order valence-corrected chi connectivity index (χ1v) is 3.87. The van der Waals surface area contributed by atoms with Crippen molar-refractivity contribution in [2.24, 2.45) is 12.8 Å². The standard InChI is InChI=1S/C8H13N3O/c1-6-5-10-11(2)7(6)3-4-8(9)12/h5H,3-4H2,1-2H3,(H2,9,12). The lowest BCUT2D eigenvalue weighted by molar-refractivity contribution is -0.118. The summed E-state index contributed by atoms with van der Waals surface area (Å²) >= 11 is 0. The first kappa shape index (κ1) is 8.77. The van der Waals surface area contributed by atoms with Crippen LogP contribution >= 0.6 is 0 Å². The van der Waals surface area contributed by atoms with Crippen LogP contribution in [0, 0.1) is 6.92 Å². The van der Waals surface area contributed by atoms with Crippen molar-refractivity contribution in [1.29, 1.82) is 0 Å². The fourth-order valence-corrected chi connectivity index (χ4v) is 1.17. The maximum absolute atomic E-state index is 10.5. The summed E-state index contributed by atoms with van der Waals surface area (Å²) in [4.78, 5) is 10.5. The van der Waals surface area contributed by atoms with Crippen molar-refractivity contribution in [1.82, 2.24) is 9.78 Å². The second-order valence-electron chi connectivity index (χ2n) is 2.86. The van der Waals surface area contributed by atoms with Gasteiger partial charge in [0.25, 0.3) is 0 Å². The highest BCUT2D eigenvalue weighted by Crippen LogP contribution is 2.07. The molecule has 1 amide bonds. The van der Waals surface area contributed by atoms with E-state index in [2.05, 4.69) is 5.10 Å². The molecule has 1 aromatic rings. The van der Waals surface area contributed by atoms with Gasteiger partial charge in [-0.1, -0.05) is 0 Å². The number of carbonyl (C=O) groups is 1.